The van der Waals surface area contributed by atoms with Gasteiger partial charge in [0.2, 0.25) is 0 Å². The Labute approximate surface area is 90.5 Å². The first-order valence-corrected chi connectivity index (χ1v) is 5.61. The summed E-state index contributed by atoms with van der Waals surface area (Å²) in [4.78, 5) is 0. The van der Waals surface area contributed by atoms with Gasteiger partial charge in [-0.15, -0.1) is 0 Å². The number of hydrogen-bond donors (Lipinski definition) is 1. The van der Waals surface area contributed by atoms with Crippen LogP contribution in [-0.2, 0) is 5.41 Å². The van der Waals surface area contributed by atoms with E-state index in [2.05, 4.69) is 24.4 Å². The summed E-state index contributed by atoms with van der Waals surface area (Å²) in [5, 5.41) is 4.29. The SMILES string of the molecule is CCC1(c2cccc(Cl)c2)CCNC1. The molecule has 1 aliphatic heterocycles. The average molecular weight is 210 g/mol. The molecule has 0 radical (unpaired) electrons. The molecule has 0 saturated carbocycles. The quantitative estimate of drug-likeness (QED) is 0.790. The van der Waals surface area contributed by atoms with Gasteiger partial charge in [0.05, 0.1) is 0 Å². The van der Waals surface area contributed by atoms with Crippen molar-refractivity contribution >= 4 is 11.6 Å². The normalized spacial score (nSPS) is 26.7. The molecule has 0 spiro atoms. The maximum Gasteiger partial charge on any atom is 0.0408 e. The standard InChI is InChI=1S/C12H16ClN/c1-2-12(6-7-14-9-12)10-4-3-5-11(13)8-10/h3-5,8,14H,2,6-7,9H2,1H3. The minimum absolute atomic E-state index is 0.324. The maximum atomic E-state index is 6.02. The highest BCUT2D eigenvalue weighted by atomic mass is 35.5. The Morgan fingerprint density at radius 1 is 1.50 bits per heavy atom. The van der Waals surface area contributed by atoms with Crippen LogP contribution in [0.3, 0.4) is 0 Å². The lowest BCUT2D eigenvalue weighted by Gasteiger charge is -2.27. The Morgan fingerprint density at radius 2 is 2.36 bits per heavy atom. The van der Waals surface area contributed by atoms with Crippen molar-refractivity contribution in [2.75, 3.05) is 13.1 Å². The van der Waals surface area contributed by atoms with Crippen molar-refractivity contribution in [3.8, 4) is 0 Å². The van der Waals surface area contributed by atoms with Crippen LogP contribution in [0, 0.1) is 0 Å². The summed E-state index contributed by atoms with van der Waals surface area (Å²) >= 11 is 6.02. The fourth-order valence-corrected chi connectivity index (χ4v) is 2.50. The minimum Gasteiger partial charge on any atom is -0.316 e. The van der Waals surface area contributed by atoms with E-state index in [0.29, 0.717) is 5.41 Å². The van der Waals surface area contributed by atoms with Crippen LogP contribution in [0.25, 0.3) is 0 Å². The van der Waals surface area contributed by atoms with Crippen molar-refractivity contribution in [2.24, 2.45) is 0 Å². The largest absolute Gasteiger partial charge is 0.316 e. The van der Waals surface area contributed by atoms with Crippen molar-refractivity contribution in [1.82, 2.24) is 5.32 Å². The van der Waals surface area contributed by atoms with E-state index in [0.717, 1.165) is 18.1 Å². The second-order valence-electron chi connectivity index (χ2n) is 4.07. The molecule has 1 unspecified atom stereocenters. The predicted octanol–water partition coefficient (Wildman–Crippen LogP) is 2.98. The summed E-state index contributed by atoms with van der Waals surface area (Å²) in [6, 6.07) is 8.30. The van der Waals surface area contributed by atoms with Gasteiger partial charge in [-0.05, 0) is 37.1 Å². The molecule has 0 aromatic heterocycles. The Balaban J connectivity index is 2.35. The van der Waals surface area contributed by atoms with Crippen molar-refractivity contribution in [1.29, 1.82) is 0 Å². The Kier molecular flexibility index (Phi) is 2.80. The van der Waals surface area contributed by atoms with Crippen LogP contribution >= 0.6 is 11.6 Å². The molecule has 2 heteroatoms. The molecule has 0 bridgehead atoms. The van der Waals surface area contributed by atoms with Crippen LogP contribution in [0.1, 0.15) is 25.3 Å². The van der Waals surface area contributed by atoms with Crippen LogP contribution in [0.2, 0.25) is 5.02 Å². The van der Waals surface area contributed by atoms with E-state index in [1.807, 2.05) is 12.1 Å². The second kappa shape index (κ2) is 3.92. The first kappa shape index (κ1) is 10.0. The molecule has 1 aromatic rings. The molecule has 0 amide bonds. The van der Waals surface area contributed by atoms with Crippen LogP contribution in [0.15, 0.2) is 24.3 Å². The average Bonchev–Trinajstić information content (AvgIpc) is 2.67. The Bertz CT molecular complexity index is 316. The van der Waals surface area contributed by atoms with E-state index in [1.165, 1.54) is 18.4 Å². The third-order valence-corrected chi connectivity index (χ3v) is 3.59. The molecule has 76 valence electrons. The van der Waals surface area contributed by atoms with Crippen LogP contribution in [0.4, 0.5) is 0 Å². The van der Waals surface area contributed by atoms with Crippen molar-refractivity contribution in [3.05, 3.63) is 34.9 Å². The highest BCUT2D eigenvalue weighted by Crippen LogP contribution is 2.34. The minimum atomic E-state index is 0.324. The van der Waals surface area contributed by atoms with Gasteiger partial charge in [0.25, 0.3) is 0 Å². The van der Waals surface area contributed by atoms with Crippen LogP contribution < -0.4 is 5.32 Å². The van der Waals surface area contributed by atoms with E-state index >= 15 is 0 Å². The van der Waals surface area contributed by atoms with Gasteiger partial charge in [-0.1, -0.05) is 30.7 Å². The summed E-state index contributed by atoms with van der Waals surface area (Å²) in [5.74, 6) is 0. The molecular weight excluding hydrogens is 194 g/mol. The molecular formula is C12H16ClN. The first-order valence-electron chi connectivity index (χ1n) is 5.24. The molecule has 1 N–H and O–H groups in total. The molecule has 1 aromatic carbocycles. The molecule has 1 heterocycles. The lowest BCUT2D eigenvalue weighted by atomic mass is 9.77. The van der Waals surface area contributed by atoms with Gasteiger partial charge in [0.1, 0.15) is 0 Å². The van der Waals surface area contributed by atoms with Gasteiger partial charge >= 0.3 is 0 Å². The molecule has 0 aliphatic carbocycles. The number of hydrogen-bond acceptors (Lipinski definition) is 1. The van der Waals surface area contributed by atoms with E-state index in [9.17, 15) is 0 Å². The Morgan fingerprint density at radius 3 is 2.93 bits per heavy atom. The smallest absolute Gasteiger partial charge is 0.0408 e. The van der Waals surface area contributed by atoms with E-state index in [-0.39, 0.29) is 0 Å². The highest BCUT2D eigenvalue weighted by molar-refractivity contribution is 6.30. The number of halogens is 1. The van der Waals surface area contributed by atoms with Gasteiger partial charge in [-0.3, -0.25) is 0 Å². The zero-order valence-corrected chi connectivity index (χ0v) is 9.27. The van der Waals surface area contributed by atoms with Gasteiger partial charge in [-0.25, -0.2) is 0 Å². The lowest BCUT2D eigenvalue weighted by Crippen LogP contribution is -2.27. The first-order chi connectivity index (χ1) is 6.77. The summed E-state index contributed by atoms with van der Waals surface area (Å²) in [6.45, 7) is 4.47. The summed E-state index contributed by atoms with van der Waals surface area (Å²) in [7, 11) is 0. The Hall–Kier alpha value is -0.530. The second-order valence-corrected chi connectivity index (χ2v) is 4.51. The topological polar surface area (TPSA) is 12.0 Å². The van der Waals surface area contributed by atoms with Gasteiger partial charge in [0.15, 0.2) is 0 Å². The zero-order chi connectivity index (χ0) is 10.0. The molecule has 1 fully saturated rings. The van der Waals surface area contributed by atoms with E-state index in [4.69, 9.17) is 11.6 Å². The summed E-state index contributed by atoms with van der Waals surface area (Å²) in [6.07, 6.45) is 2.41. The molecule has 1 nitrogen and oxygen atoms in total. The maximum absolute atomic E-state index is 6.02. The van der Waals surface area contributed by atoms with Crippen LogP contribution in [0.5, 0.6) is 0 Å². The molecule has 1 saturated heterocycles. The van der Waals surface area contributed by atoms with Crippen molar-refractivity contribution in [2.45, 2.75) is 25.2 Å². The van der Waals surface area contributed by atoms with Gasteiger partial charge in [0, 0.05) is 17.0 Å². The number of nitrogens with one attached hydrogen (secondary N) is 1. The fourth-order valence-electron chi connectivity index (χ4n) is 2.31. The van der Waals surface area contributed by atoms with Gasteiger partial charge < -0.3 is 5.32 Å². The molecule has 1 aliphatic rings. The number of benzene rings is 1. The van der Waals surface area contributed by atoms with Gasteiger partial charge in [-0.2, -0.15) is 0 Å². The predicted molar refractivity (Wildman–Crippen MR) is 60.9 cm³/mol. The highest BCUT2D eigenvalue weighted by Gasteiger charge is 2.33. The summed E-state index contributed by atoms with van der Waals surface area (Å²) < 4.78 is 0. The third-order valence-electron chi connectivity index (χ3n) is 3.36. The lowest BCUT2D eigenvalue weighted by molar-refractivity contribution is 0.454. The molecule has 1 atom stereocenters. The third kappa shape index (κ3) is 1.67. The van der Waals surface area contributed by atoms with Crippen molar-refractivity contribution < 1.29 is 0 Å². The summed E-state index contributed by atoms with van der Waals surface area (Å²) in [5.41, 5.74) is 1.71. The van der Waals surface area contributed by atoms with Crippen LogP contribution in [-0.4, -0.2) is 13.1 Å². The zero-order valence-electron chi connectivity index (χ0n) is 8.52. The van der Waals surface area contributed by atoms with E-state index in [1.54, 1.807) is 0 Å². The molecule has 2 rings (SSSR count). The van der Waals surface area contributed by atoms with E-state index < -0.39 is 0 Å². The van der Waals surface area contributed by atoms with Crippen molar-refractivity contribution in [3.63, 3.8) is 0 Å². The number of rotatable bonds is 2. The fraction of sp³-hybridized carbons (Fsp3) is 0.500. The monoisotopic (exact) mass is 209 g/mol. The molecule has 14 heavy (non-hydrogen) atoms.